The van der Waals surface area contributed by atoms with Crippen LogP contribution in [0.2, 0.25) is 0 Å². The topological polar surface area (TPSA) is 194 Å². The maximum absolute atomic E-state index is 12.3. The Morgan fingerprint density at radius 2 is 1.33 bits per heavy atom. The molecule has 15 nitrogen and oxygen atoms in total. The fourth-order valence-corrected chi connectivity index (χ4v) is 8.32. The fraction of sp³-hybridized carbons (Fsp3) is 0.442. The van der Waals surface area contributed by atoms with Gasteiger partial charge in [-0.25, -0.2) is 0 Å². The number of hydrogen-bond donors (Lipinski definition) is 3. The molecule has 5 rings (SSSR count). The van der Waals surface area contributed by atoms with E-state index in [9.17, 15) is 29.1 Å². The molecule has 1 amide bonds. The quantitative estimate of drug-likeness (QED) is 0.0699. The molecular formula is C43H50N2O13S2. The maximum atomic E-state index is 12.3. The Balaban J connectivity index is 1.36. The van der Waals surface area contributed by atoms with Gasteiger partial charge in [-0.15, -0.1) is 11.8 Å². The normalized spacial score (nSPS) is 24.9. The smallest absolute Gasteiger partial charge is 0.303 e. The Kier molecular flexibility index (Phi) is 16.6. The minimum atomic E-state index is -1.31. The van der Waals surface area contributed by atoms with E-state index < -0.39 is 60.7 Å². The van der Waals surface area contributed by atoms with Crippen molar-refractivity contribution in [1.29, 1.82) is 0 Å². The number of carbonyl (C=O) groups is 5. The van der Waals surface area contributed by atoms with E-state index in [1.807, 2.05) is 66.7 Å². The molecule has 60 heavy (non-hydrogen) atoms. The number of aliphatic hydroxyl groups is 1. The number of benzene rings is 3. The number of nitrogens with one attached hydrogen (secondary N) is 2. The van der Waals surface area contributed by atoms with Crippen molar-refractivity contribution in [3.05, 3.63) is 89.5 Å². The number of esters is 4. The Morgan fingerprint density at radius 3 is 1.93 bits per heavy atom. The first kappa shape index (κ1) is 46.2. The van der Waals surface area contributed by atoms with Crippen molar-refractivity contribution in [1.82, 2.24) is 0 Å². The van der Waals surface area contributed by atoms with Crippen molar-refractivity contribution in [3.63, 3.8) is 0 Å². The summed E-state index contributed by atoms with van der Waals surface area (Å²) in [5, 5.41) is 15.7. The summed E-state index contributed by atoms with van der Waals surface area (Å²) in [5.74, 6) is -2.40. The van der Waals surface area contributed by atoms with Crippen LogP contribution in [0.15, 0.2) is 77.7 Å². The number of thiocarbonyl (C=S) groups is 1. The SMILES string of the molecule is CC(=O)Nc1ccc(SC[C@H]2OC(c3cccc(NC(=S)C[C@@H]4O[C@H](COC(C)=O)[C@@H](OC(C)=O)[C@H](OC(C)=O)[C@H]4OC(C)=O)c3)O[C@@H](c3ccc(CO)cc3)[C@H]2C)cc1. The molecule has 0 spiro atoms. The third kappa shape index (κ3) is 13.0. The van der Waals surface area contributed by atoms with Gasteiger partial charge in [0.05, 0.1) is 23.8 Å². The second-order valence-electron chi connectivity index (χ2n) is 14.5. The Bertz CT molecular complexity index is 2000. The van der Waals surface area contributed by atoms with E-state index in [0.29, 0.717) is 22.7 Å². The molecule has 0 radical (unpaired) electrons. The van der Waals surface area contributed by atoms with Gasteiger partial charge in [-0.1, -0.05) is 55.5 Å². The molecule has 3 aromatic carbocycles. The Morgan fingerprint density at radius 1 is 0.700 bits per heavy atom. The minimum absolute atomic E-state index is 0.0520. The highest BCUT2D eigenvalue weighted by molar-refractivity contribution is 7.99. The summed E-state index contributed by atoms with van der Waals surface area (Å²) in [6.07, 6.45) is -7.43. The average molecular weight is 867 g/mol. The molecule has 0 aromatic heterocycles. The molecule has 9 atom stereocenters. The van der Waals surface area contributed by atoms with Crippen molar-refractivity contribution < 1.29 is 62.2 Å². The summed E-state index contributed by atoms with van der Waals surface area (Å²) in [5.41, 5.74) is 3.71. The molecule has 17 heteroatoms. The second-order valence-corrected chi connectivity index (χ2v) is 16.0. The molecule has 3 aromatic rings. The number of thioether (sulfide) groups is 1. The maximum Gasteiger partial charge on any atom is 0.303 e. The Labute approximate surface area is 358 Å². The van der Waals surface area contributed by atoms with Gasteiger partial charge in [-0.05, 0) is 47.5 Å². The van der Waals surface area contributed by atoms with Gasteiger partial charge in [0.1, 0.15) is 18.8 Å². The monoisotopic (exact) mass is 866 g/mol. The lowest BCUT2D eigenvalue weighted by molar-refractivity contribution is -0.268. The van der Waals surface area contributed by atoms with E-state index in [-0.39, 0.29) is 48.7 Å². The molecule has 2 aliphatic heterocycles. The summed E-state index contributed by atoms with van der Waals surface area (Å²) in [7, 11) is 0. The largest absolute Gasteiger partial charge is 0.463 e. The van der Waals surface area contributed by atoms with Crippen LogP contribution in [0.1, 0.15) is 77.0 Å². The summed E-state index contributed by atoms with van der Waals surface area (Å²) >= 11 is 7.41. The van der Waals surface area contributed by atoms with Gasteiger partial charge in [0, 0.05) is 74.5 Å². The summed E-state index contributed by atoms with van der Waals surface area (Å²) in [6, 6.07) is 22.6. The van der Waals surface area contributed by atoms with Gasteiger partial charge in [0.2, 0.25) is 5.91 Å². The van der Waals surface area contributed by atoms with Crippen LogP contribution in [0.3, 0.4) is 0 Å². The predicted octanol–water partition coefficient (Wildman–Crippen LogP) is 5.98. The molecular weight excluding hydrogens is 817 g/mol. The van der Waals surface area contributed by atoms with Crippen molar-refractivity contribution in [2.75, 3.05) is 23.0 Å². The van der Waals surface area contributed by atoms with Gasteiger partial charge >= 0.3 is 23.9 Å². The first-order valence-electron chi connectivity index (χ1n) is 19.3. The van der Waals surface area contributed by atoms with Crippen LogP contribution in [0.25, 0.3) is 0 Å². The molecule has 0 aliphatic carbocycles. The Hall–Kier alpha value is -4.91. The zero-order chi connectivity index (χ0) is 43.5. The van der Waals surface area contributed by atoms with E-state index in [0.717, 1.165) is 29.9 Å². The molecule has 2 aliphatic rings. The predicted molar refractivity (Wildman–Crippen MR) is 224 cm³/mol. The van der Waals surface area contributed by atoms with Crippen LogP contribution in [0, 0.1) is 5.92 Å². The van der Waals surface area contributed by atoms with Gasteiger partial charge < -0.3 is 48.9 Å². The third-order valence-corrected chi connectivity index (χ3v) is 11.0. The van der Waals surface area contributed by atoms with Crippen molar-refractivity contribution in [2.45, 2.75) is 108 Å². The first-order chi connectivity index (χ1) is 28.6. The summed E-state index contributed by atoms with van der Waals surface area (Å²) in [4.78, 5) is 61.3. The van der Waals surface area contributed by atoms with Crippen molar-refractivity contribution in [2.24, 2.45) is 5.92 Å². The van der Waals surface area contributed by atoms with Gasteiger partial charge in [-0.3, -0.25) is 24.0 Å². The van der Waals surface area contributed by atoms with Gasteiger partial charge in [-0.2, -0.15) is 0 Å². The number of amides is 1. The van der Waals surface area contributed by atoms with Crippen LogP contribution < -0.4 is 10.6 Å². The molecule has 0 bridgehead atoms. The molecule has 3 N–H and O–H groups in total. The average Bonchev–Trinajstić information content (AvgIpc) is 3.19. The molecule has 2 fully saturated rings. The van der Waals surface area contributed by atoms with Gasteiger partial charge in [0.15, 0.2) is 24.6 Å². The number of carbonyl (C=O) groups excluding carboxylic acids is 5. The van der Waals surface area contributed by atoms with Crippen LogP contribution in [0.4, 0.5) is 11.4 Å². The van der Waals surface area contributed by atoms with Crippen LogP contribution in [-0.2, 0) is 63.7 Å². The zero-order valence-corrected chi connectivity index (χ0v) is 35.7. The van der Waals surface area contributed by atoms with Gasteiger partial charge in [0.25, 0.3) is 0 Å². The number of anilines is 2. The molecule has 2 heterocycles. The van der Waals surface area contributed by atoms with E-state index in [2.05, 4.69) is 17.6 Å². The number of aliphatic hydroxyl groups excluding tert-OH is 1. The molecule has 322 valence electrons. The standard InChI is InChI=1S/C43H50N2O13S2/c1-23-37(22-60-34-16-14-32(15-17-34)44-24(2)47)57-43(58-39(23)30-12-10-29(20-46)11-13-30)31-8-7-9-33(18-31)45-38(59)19-35-40(53-26(4)49)42(55-28(6)51)41(54-27(5)50)36(56-35)21-52-25(3)48/h7-18,23,35-37,39-43,46H,19-22H2,1-6H3,(H,44,47)(H,45,59)/t23-,35-,36+,37+,39+,40-,41+,42+,43?/m0/s1. The van der Waals surface area contributed by atoms with E-state index in [1.54, 1.807) is 17.8 Å². The highest BCUT2D eigenvalue weighted by atomic mass is 32.2. The van der Waals surface area contributed by atoms with Crippen molar-refractivity contribution >= 4 is 70.1 Å². The minimum Gasteiger partial charge on any atom is -0.463 e. The number of ether oxygens (including phenoxy) is 7. The third-order valence-electron chi connectivity index (χ3n) is 9.63. The highest BCUT2D eigenvalue weighted by Gasteiger charge is 2.52. The summed E-state index contributed by atoms with van der Waals surface area (Å²) in [6.45, 7) is 7.80. The number of rotatable bonds is 15. The molecule has 0 saturated carbocycles. The zero-order valence-electron chi connectivity index (χ0n) is 34.1. The molecule has 1 unspecified atom stereocenters. The summed E-state index contributed by atoms with van der Waals surface area (Å²) < 4.78 is 41.4. The lowest BCUT2D eigenvalue weighted by Gasteiger charge is -2.44. The number of hydrogen-bond acceptors (Lipinski definition) is 15. The van der Waals surface area contributed by atoms with Crippen molar-refractivity contribution in [3.8, 4) is 0 Å². The second kappa shape index (κ2) is 21.6. The van der Waals surface area contributed by atoms with Crippen LogP contribution in [0.5, 0.6) is 0 Å². The van der Waals surface area contributed by atoms with E-state index in [1.165, 1.54) is 20.8 Å². The first-order valence-corrected chi connectivity index (χ1v) is 20.7. The van der Waals surface area contributed by atoms with E-state index in [4.69, 9.17) is 45.4 Å². The molecule has 2 saturated heterocycles. The van der Waals surface area contributed by atoms with E-state index >= 15 is 0 Å². The fourth-order valence-electron chi connectivity index (χ4n) is 6.97. The van der Waals surface area contributed by atoms with Crippen LogP contribution in [-0.4, -0.2) is 88.9 Å². The lowest BCUT2D eigenvalue weighted by atomic mass is 9.91. The van der Waals surface area contributed by atoms with Crippen LogP contribution >= 0.6 is 24.0 Å². The highest BCUT2D eigenvalue weighted by Crippen LogP contribution is 2.43. The lowest BCUT2D eigenvalue weighted by Crippen LogP contribution is -2.62.